The van der Waals surface area contributed by atoms with Gasteiger partial charge in [0.25, 0.3) is 10.2 Å². The van der Waals surface area contributed by atoms with Crippen LogP contribution in [0.3, 0.4) is 0 Å². The summed E-state index contributed by atoms with van der Waals surface area (Å²) in [5.74, 6) is 1.36. The first kappa shape index (κ1) is 19.2. The molecule has 1 aromatic carbocycles. The molecule has 0 atom stereocenters. The van der Waals surface area contributed by atoms with E-state index in [0.717, 1.165) is 12.3 Å². The first-order valence-electron chi connectivity index (χ1n) is 8.48. The highest BCUT2D eigenvalue weighted by Gasteiger charge is 2.24. The lowest BCUT2D eigenvalue weighted by atomic mass is 9.96. The Morgan fingerprint density at radius 2 is 1.83 bits per heavy atom. The Hall–Kier alpha value is -1.15. The van der Waals surface area contributed by atoms with Gasteiger partial charge in [-0.15, -0.1) is 0 Å². The third-order valence-electron chi connectivity index (χ3n) is 4.48. The van der Waals surface area contributed by atoms with Crippen LogP contribution in [-0.2, 0) is 16.8 Å². The average Bonchev–Trinajstić information content (AvgIpc) is 2.49. The highest BCUT2D eigenvalue weighted by atomic mass is 32.2. The molecule has 2 N–H and O–H groups in total. The molecule has 0 bridgehead atoms. The van der Waals surface area contributed by atoms with Gasteiger partial charge < -0.3 is 4.74 Å². The van der Waals surface area contributed by atoms with Gasteiger partial charge in [0.2, 0.25) is 0 Å². The summed E-state index contributed by atoms with van der Waals surface area (Å²) in [7, 11) is -3.57. The third-order valence-corrected chi connectivity index (χ3v) is 5.56. The van der Waals surface area contributed by atoms with Crippen molar-refractivity contribution in [2.75, 3.05) is 32.8 Å². The second-order valence-corrected chi connectivity index (χ2v) is 8.17. The molecule has 0 aliphatic carbocycles. The second-order valence-electron chi connectivity index (χ2n) is 6.62. The van der Waals surface area contributed by atoms with Gasteiger partial charge in [0.1, 0.15) is 5.75 Å². The van der Waals surface area contributed by atoms with Crippen molar-refractivity contribution in [2.24, 2.45) is 5.14 Å². The van der Waals surface area contributed by atoms with E-state index in [1.165, 1.54) is 21.0 Å². The van der Waals surface area contributed by atoms with E-state index in [9.17, 15) is 8.42 Å². The van der Waals surface area contributed by atoms with Crippen LogP contribution in [0, 0.1) is 6.92 Å². The Kier molecular flexibility index (Phi) is 6.25. The quantitative estimate of drug-likeness (QED) is 0.845. The molecular weight excluding hydrogens is 326 g/mol. The maximum Gasteiger partial charge on any atom is 0.276 e. The van der Waals surface area contributed by atoms with Crippen molar-refractivity contribution in [3.05, 3.63) is 28.8 Å². The number of hydrogen-bond donors (Lipinski definition) is 1. The highest BCUT2D eigenvalue weighted by Crippen LogP contribution is 2.30. The molecule has 0 amide bonds. The topological polar surface area (TPSA) is 75.9 Å². The van der Waals surface area contributed by atoms with Gasteiger partial charge in [-0.25, -0.2) is 5.14 Å². The molecule has 1 aliphatic rings. The van der Waals surface area contributed by atoms with Gasteiger partial charge in [0, 0.05) is 32.7 Å². The molecule has 1 aromatic rings. The van der Waals surface area contributed by atoms with E-state index >= 15 is 0 Å². The summed E-state index contributed by atoms with van der Waals surface area (Å²) < 4.78 is 29.9. The lowest BCUT2D eigenvalue weighted by molar-refractivity contribution is 0.181. The third kappa shape index (κ3) is 4.69. The van der Waals surface area contributed by atoms with Gasteiger partial charge in [-0.3, -0.25) is 4.90 Å². The fraction of sp³-hybridized carbons (Fsp3) is 0.647. The minimum atomic E-state index is -3.57. The van der Waals surface area contributed by atoms with E-state index in [1.54, 1.807) is 0 Å². The number of nitrogens with two attached hydrogens (primary N) is 1. The molecule has 1 heterocycles. The highest BCUT2D eigenvalue weighted by molar-refractivity contribution is 7.86. The smallest absolute Gasteiger partial charge is 0.276 e. The summed E-state index contributed by atoms with van der Waals surface area (Å²) in [4.78, 5) is 2.27. The van der Waals surface area contributed by atoms with Crippen LogP contribution in [0.4, 0.5) is 0 Å². The molecule has 7 heteroatoms. The van der Waals surface area contributed by atoms with Crippen LogP contribution in [0.2, 0.25) is 0 Å². The largest absolute Gasteiger partial charge is 0.494 e. The van der Waals surface area contributed by atoms with Crippen LogP contribution in [0.1, 0.15) is 43.4 Å². The number of rotatable bonds is 6. The van der Waals surface area contributed by atoms with Gasteiger partial charge in [-0.2, -0.15) is 12.7 Å². The van der Waals surface area contributed by atoms with Crippen molar-refractivity contribution in [1.82, 2.24) is 9.21 Å². The van der Waals surface area contributed by atoms with Gasteiger partial charge >= 0.3 is 0 Å². The number of benzene rings is 1. The maximum absolute atomic E-state index is 11.4. The summed E-state index contributed by atoms with van der Waals surface area (Å²) in [6.45, 7) is 12.2. The molecule has 24 heavy (non-hydrogen) atoms. The van der Waals surface area contributed by atoms with Crippen molar-refractivity contribution < 1.29 is 13.2 Å². The lowest BCUT2D eigenvalue weighted by Gasteiger charge is -2.33. The molecule has 1 aliphatic heterocycles. The Morgan fingerprint density at radius 1 is 1.21 bits per heavy atom. The second kappa shape index (κ2) is 7.82. The Balaban J connectivity index is 2.12. The Labute approximate surface area is 145 Å². The molecule has 6 nitrogen and oxygen atoms in total. The molecule has 0 unspecified atom stereocenters. The normalized spacial score (nSPS) is 17.4. The summed E-state index contributed by atoms with van der Waals surface area (Å²) in [6.07, 6.45) is 0. The molecule has 0 aromatic heterocycles. The van der Waals surface area contributed by atoms with Crippen LogP contribution in [0.25, 0.3) is 0 Å². The molecule has 1 fully saturated rings. The van der Waals surface area contributed by atoms with E-state index in [1.807, 2.05) is 6.92 Å². The molecule has 0 spiro atoms. The van der Waals surface area contributed by atoms with Crippen LogP contribution in [0.5, 0.6) is 5.75 Å². The van der Waals surface area contributed by atoms with Crippen molar-refractivity contribution in [2.45, 2.75) is 40.2 Å². The van der Waals surface area contributed by atoms with Gasteiger partial charge in [-0.1, -0.05) is 19.9 Å². The van der Waals surface area contributed by atoms with E-state index in [4.69, 9.17) is 9.88 Å². The van der Waals surface area contributed by atoms with Crippen LogP contribution in [0.15, 0.2) is 12.1 Å². The zero-order valence-corrected chi connectivity index (χ0v) is 15.9. The van der Waals surface area contributed by atoms with Crippen molar-refractivity contribution in [3.63, 3.8) is 0 Å². The van der Waals surface area contributed by atoms with Crippen LogP contribution >= 0.6 is 0 Å². The first-order chi connectivity index (χ1) is 11.2. The summed E-state index contributed by atoms with van der Waals surface area (Å²) in [5.41, 5.74) is 3.70. The summed E-state index contributed by atoms with van der Waals surface area (Å²) in [5, 5.41) is 5.20. The van der Waals surface area contributed by atoms with E-state index in [-0.39, 0.29) is 0 Å². The fourth-order valence-corrected chi connectivity index (χ4v) is 3.70. The minimum Gasteiger partial charge on any atom is -0.494 e. The molecule has 136 valence electrons. The van der Waals surface area contributed by atoms with E-state index < -0.39 is 10.2 Å². The van der Waals surface area contributed by atoms with Crippen molar-refractivity contribution in [1.29, 1.82) is 0 Å². The minimum absolute atomic E-state index is 0.394. The van der Waals surface area contributed by atoms with Crippen molar-refractivity contribution >= 4 is 10.2 Å². The Morgan fingerprint density at radius 3 is 2.33 bits per heavy atom. The van der Waals surface area contributed by atoms with Crippen LogP contribution in [-0.4, -0.2) is 50.4 Å². The predicted molar refractivity (Wildman–Crippen MR) is 96.4 cm³/mol. The SMILES string of the molecule is CCOc1cc(C)c(CN2CCN(S(N)(=O)=O)CC2)cc1C(C)C. The molecular formula is C17H29N3O3S. The monoisotopic (exact) mass is 355 g/mol. The van der Waals surface area contributed by atoms with Gasteiger partial charge in [0.05, 0.1) is 6.61 Å². The average molecular weight is 356 g/mol. The first-order valence-corrected chi connectivity index (χ1v) is 9.99. The number of piperazine rings is 1. The van der Waals surface area contributed by atoms with Crippen LogP contribution < -0.4 is 9.88 Å². The Bertz CT molecular complexity index is 666. The number of aryl methyl sites for hydroxylation is 1. The maximum atomic E-state index is 11.4. The molecule has 0 radical (unpaired) electrons. The fourth-order valence-electron chi connectivity index (χ4n) is 3.03. The predicted octanol–water partition coefficient (Wildman–Crippen LogP) is 1.84. The lowest BCUT2D eigenvalue weighted by Crippen LogP contribution is -2.50. The molecule has 2 rings (SSSR count). The summed E-state index contributed by atoms with van der Waals surface area (Å²) in [6, 6.07) is 4.35. The standard InChI is InChI=1S/C17H29N3O3S/c1-5-23-17-10-14(4)15(11-16(17)13(2)3)12-19-6-8-20(9-7-19)24(18,21)22/h10-11,13H,5-9,12H2,1-4H3,(H2,18,21,22). The zero-order valence-electron chi connectivity index (χ0n) is 15.1. The van der Waals surface area contributed by atoms with Gasteiger partial charge in [0.15, 0.2) is 0 Å². The number of nitrogens with zero attached hydrogens (tertiary/aromatic N) is 2. The summed E-state index contributed by atoms with van der Waals surface area (Å²) >= 11 is 0. The van der Waals surface area contributed by atoms with Gasteiger partial charge in [-0.05, 0) is 42.5 Å². The zero-order chi connectivity index (χ0) is 17.9. The van der Waals surface area contributed by atoms with E-state index in [0.29, 0.717) is 38.7 Å². The molecule has 0 saturated carbocycles. The van der Waals surface area contributed by atoms with E-state index in [2.05, 4.69) is 37.8 Å². The number of ether oxygens (including phenoxy) is 1. The molecule has 1 saturated heterocycles. The van der Waals surface area contributed by atoms with Crippen molar-refractivity contribution in [3.8, 4) is 5.75 Å². The number of hydrogen-bond acceptors (Lipinski definition) is 4.